The molecular formula is C18H19N3O3S2. The van der Waals surface area contributed by atoms with Gasteiger partial charge in [-0.2, -0.15) is 0 Å². The number of urea groups is 1. The molecule has 1 unspecified atom stereocenters. The molecule has 0 saturated carbocycles. The monoisotopic (exact) mass is 389 g/mol. The van der Waals surface area contributed by atoms with Crippen molar-refractivity contribution in [3.63, 3.8) is 0 Å². The summed E-state index contributed by atoms with van der Waals surface area (Å²) < 4.78 is 12.1. The molecule has 2 amide bonds. The van der Waals surface area contributed by atoms with Crippen LogP contribution in [0.2, 0.25) is 0 Å². The van der Waals surface area contributed by atoms with Gasteiger partial charge in [0, 0.05) is 21.9 Å². The summed E-state index contributed by atoms with van der Waals surface area (Å²) in [5.74, 6) is 0.724. The summed E-state index contributed by atoms with van der Waals surface area (Å²) in [5.41, 5.74) is 7.49. The highest BCUT2D eigenvalue weighted by Crippen LogP contribution is 2.42. The number of amides is 2. The van der Waals surface area contributed by atoms with Gasteiger partial charge in [-0.15, -0.1) is 22.7 Å². The van der Waals surface area contributed by atoms with Crippen LogP contribution in [-0.2, 0) is 4.74 Å². The summed E-state index contributed by atoms with van der Waals surface area (Å²) in [6, 6.07) is 7.54. The van der Waals surface area contributed by atoms with Gasteiger partial charge in [0.1, 0.15) is 22.3 Å². The van der Waals surface area contributed by atoms with Crippen LogP contribution in [0.3, 0.4) is 0 Å². The van der Waals surface area contributed by atoms with Crippen LogP contribution < -0.4 is 10.5 Å². The highest BCUT2D eigenvalue weighted by atomic mass is 32.1. The molecule has 0 aliphatic carbocycles. The topological polar surface area (TPSA) is 77.7 Å². The minimum Gasteiger partial charge on any atom is -0.494 e. The van der Waals surface area contributed by atoms with E-state index in [0.717, 1.165) is 26.5 Å². The Morgan fingerprint density at radius 2 is 2.19 bits per heavy atom. The lowest BCUT2D eigenvalue weighted by Crippen LogP contribution is -2.45. The summed E-state index contributed by atoms with van der Waals surface area (Å²) in [7, 11) is 1.64. The normalized spacial score (nSPS) is 17.6. The molecule has 3 aromatic rings. The van der Waals surface area contributed by atoms with Crippen LogP contribution in [-0.4, -0.2) is 42.8 Å². The van der Waals surface area contributed by atoms with Crippen LogP contribution in [0.1, 0.15) is 15.9 Å². The molecule has 1 saturated heterocycles. The molecule has 3 heterocycles. The van der Waals surface area contributed by atoms with Crippen LogP contribution >= 0.6 is 22.7 Å². The summed E-state index contributed by atoms with van der Waals surface area (Å²) in [5, 5.41) is 0.817. The molecule has 0 spiro atoms. The van der Waals surface area contributed by atoms with Gasteiger partial charge in [-0.05, 0) is 31.2 Å². The maximum Gasteiger partial charge on any atom is 0.315 e. The van der Waals surface area contributed by atoms with Gasteiger partial charge in [0.2, 0.25) is 0 Å². The van der Waals surface area contributed by atoms with Crippen LogP contribution in [0, 0.1) is 6.92 Å². The number of primary amides is 1. The van der Waals surface area contributed by atoms with Crippen molar-refractivity contribution in [1.82, 2.24) is 9.88 Å². The van der Waals surface area contributed by atoms with Crippen molar-refractivity contribution in [3.05, 3.63) is 34.2 Å². The van der Waals surface area contributed by atoms with E-state index in [2.05, 4.69) is 25.1 Å². The molecule has 1 aliphatic heterocycles. The van der Waals surface area contributed by atoms with Gasteiger partial charge < -0.3 is 20.1 Å². The summed E-state index contributed by atoms with van der Waals surface area (Å²) in [6.07, 6.45) is 0. The van der Waals surface area contributed by atoms with Crippen molar-refractivity contribution in [2.75, 3.05) is 26.9 Å². The zero-order chi connectivity index (χ0) is 18.3. The van der Waals surface area contributed by atoms with Crippen molar-refractivity contribution in [2.45, 2.75) is 13.0 Å². The second-order valence-electron chi connectivity index (χ2n) is 6.08. The number of nitrogens with zero attached hydrogens (tertiary/aromatic N) is 2. The standard InChI is InChI=1S/C18H19N3O3S2/c1-10-3-6-14(25-10)11-4-5-13(23-2)15-16(11)26-17(20-15)12-9-24-8-7-21(12)18(19)22/h3-6,12H,7-9H2,1-2H3,(H2,19,22). The molecule has 2 aromatic heterocycles. The number of morpholine rings is 1. The van der Waals surface area contributed by atoms with Gasteiger partial charge in [0.15, 0.2) is 0 Å². The molecule has 136 valence electrons. The number of aromatic nitrogens is 1. The Hall–Kier alpha value is -2.16. The second-order valence-corrected chi connectivity index (χ2v) is 8.40. The maximum atomic E-state index is 11.8. The van der Waals surface area contributed by atoms with E-state index in [1.54, 1.807) is 34.7 Å². The number of nitrogens with two attached hydrogens (primary N) is 1. The quantitative estimate of drug-likeness (QED) is 0.739. The molecule has 8 heteroatoms. The second kappa shape index (κ2) is 6.86. The van der Waals surface area contributed by atoms with Crippen molar-refractivity contribution in [2.24, 2.45) is 5.73 Å². The number of aryl methyl sites for hydroxylation is 1. The van der Waals surface area contributed by atoms with Crippen molar-refractivity contribution >= 4 is 38.9 Å². The van der Waals surface area contributed by atoms with Gasteiger partial charge in [-0.1, -0.05) is 0 Å². The van der Waals surface area contributed by atoms with E-state index >= 15 is 0 Å². The lowest BCUT2D eigenvalue weighted by atomic mass is 10.1. The molecular weight excluding hydrogens is 370 g/mol. The Bertz CT molecular complexity index is 966. The Morgan fingerprint density at radius 1 is 1.35 bits per heavy atom. The number of carbonyl (C=O) groups excluding carboxylic acids is 1. The van der Waals surface area contributed by atoms with E-state index in [0.29, 0.717) is 19.8 Å². The average molecular weight is 390 g/mol. The Labute approximate surface area is 159 Å². The number of methoxy groups -OCH3 is 1. The van der Waals surface area contributed by atoms with Crippen LogP contribution in [0.25, 0.3) is 20.7 Å². The minimum atomic E-state index is -0.446. The van der Waals surface area contributed by atoms with Gasteiger partial charge in [0.25, 0.3) is 0 Å². The predicted octanol–water partition coefficient (Wildman–Crippen LogP) is 3.79. The van der Waals surface area contributed by atoms with Crippen molar-refractivity contribution in [1.29, 1.82) is 0 Å². The predicted molar refractivity (Wildman–Crippen MR) is 104 cm³/mol. The molecule has 1 atom stereocenters. The lowest BCUT2D eigenvalue weighted by Gasteiger charge is -2.32. The van der Waals surface area contributed by atoms with Crippen LogP contribution in [0.5, 0.6) is 5.75 Å². The van der Waals surface area contributed by atoms with Crippen LogP contribution in [0.4, 0.5) is 4.79 Å². The number of benzene rings is 1. The molecule has 1 aromatic carbocycles. The molecule has 26 heavy (non-hydrogen) atoms. The fraction of sp³-hybridized carbons (Fsp3) is 0.333. The molecule has 1 aliphatic rings. The van der Waals surface area contributed by atoms with E-state index in [4.69, 9.17) is 20.2 Å². The third-order valence-corrected chi connectivity index (χ3v) is 6.67. The number of thiazole rings is 1. The fourth-order valence-electron chi connectivity index (χ4n) is 3.15. The highest BCUT2D eigenvalue weighted by molar-refractivity contribution is 7.20. The maximum absolute atomic E-state index is 11.8. The molecule has 1 fully saturated rings. The van der Waals surface area contributed by atoms with E-state index in [-0.39, 0.29) is 6.04 Å². The van der Waals surface area contributed by atoms with Gasteiger partial charge >= 0.3 is 6.03 Å². The molecule has 0 radical (unpaired) electrons. The fourth-order valence-corrected chi connectivity index (χ4v) is 5.32. The van der Waals surface area contributed by atoms with Crippen molar-refractivity contribution in [3.8, 4) is 16.2 Å². The number of hydrogen-bond donors (Lipinski definition) is 1. The first kappa shape index (κ1) is 17.3. The third kappa shape index (κ3) is 2.94. The van der Waals surface area contributed by atoms with Gasteiger partial charge in [-0.3, -0.25) is 0 Å². The Kier molecular flexibility index (Phi) is 4.56. The number of rotatable bonds is 3. The van der Waals surface area contributed by atoms with E-state index in [1.807, 2.05) is 6.07 Å². The first-order valence-electron chi connectivity index (χ1n) is 8.26. The average Bonchev–Trinajstić information content (AvgIpc) is 3.27. The Morgan fingerprint density at radius 3 is 2.88 bits per heavy atom. The number of thiophene rings is 1. The zero-order valence-electron chi connectivity index (χ0n) is 14.5. The van der Waals surface area contributed by atoms with Crippen molar-refractivity contribution < 1.29 is 14.3 Å². The number of carbonyl (C=O) groups is 1. The Balaban J connectivity index is 1.86. The first-order chi connectivity index (χ1) is 12.6. The van der Waals surface area contributed by atoms with E-state index in [1.165, 1.54) is 9.75 Å². The summed E-state index contributed by atoms with van der Waals surface area (Å²) in [4.78, 5) is 20.7. The molecule has 6 nitrogen and oxygen atoms in total. The SMILES string of the molecule is COc1ccc(-c2ccc(C)s2)c2sc(C3COCCN3C(N)=O)nc12. The third-order valence-electron chi connectivity index (χ3n) is 4.45. The number of fused-ring (bicyclic) bond motifs is 1. The molecule has 0 bridgehead atoms. The number of ether oxygens (including phenoxy) is 2. The number of hydrogen-bond acceptors (Lipinski definition) is 6. The minimum absolute atomic E-state index is 0.263. The van der Waals surface area contributed by atoms with Crippen LogP contribution in [0.15, 0.2) is 24.3 Å². The lowest BCUT2D eigenvalue weighted by molar-refractivity contribution is 0.0137. The zero-order valence-corrected chi connectivity index (χ0v) is 16.2. The largest absolute Gasteiger partial charge is 0.494 e. The summed E-state index contributed by atoms with van der Waals surface area (Å²) >= 11 is 3.32. The smallest absolute Gasteiger partial charge is 0.315 e. The van der Waals surface area contributed by atoms with E-state index < -0.39 is 6.03 Å². The highest BCUT2D eigenvalue weighted by Gasteiger charge is 2.30. The van der Waals surface area contributed by atoms with E-state index in [9.17, 15) is 4.79 Å². The molecule has 2 N–H and O–H groups in total. The summed E-state index contributed by atoms with van der Waals surface area (Å²) in [6.45, 7) is 3.47. The molecule has 4 rings (SSSR count). The van der Waals surface area contributed by atoms with Gasteiger partial charge in [0.05, 0.1) is 25.0 Å². The first-order valence-corrected chi connectivity index (χ1v) is 9.90. The van der Waals surface area contributed by atoms with Gasteiger partial charge in [-0.25, -0.2) is 9.78 Å².